The normalized spacial score (nSPS) is 10.3. The number of thiazole rings is 1. The van der Waals surface area contributed by atoms with Crippen LogP contribution in [0.1, 0.15) is 11.8 Å². The summed E-state index contributed by atoms with van der Waals surface area (Å²) >= 11 is 7.10. The lowest BCUT2D eigenvalue weighted by atomic mass is 9.78. The number of nitrogens with zero attached hydrogens (tertiary/aromatic N) is 1. The summed E-state index contributed by atoms with van der Waals surface area (Å²) in [5.41, 5.74) is 1.33. The van der Waals surface area contributed by atoms with Gasteiger partial charge in [-0.25, -0.2) is 4.98 Å². The fourth-order valence-electron chi connectivity index (χ4n) is 1.77. The molecule has 6 nitrogen and oxygen atoms in total. The highest BCUT2D eigenvalue weighted by atomic mass is 35.5. The second kappa shape index (κ2) is 6.90. The molecule has 110 valence electrons. The van der Waals surface area contributed by atoms with Crippen molar-refractivity contribution >= 4 is 52.8 Å². The van der Waals surface area contributed by atoms with E-state index >= 15 is 0 Å². The summed E-state index contributed by atoms with van der Waals surface area (Å²) in [5, 5.41) is 24.5. The third-order valence-electron chi connectivity index (χ3n) is 2.63. The maximum atomic E-state index is 11.0. The number of hydrogen-bond donors (Lipinski definition) is 4. The van der Waals surface area contributed by atoms with Gasteiger partial charge in [0.25, 0.3) is 0 Å². The van der Waals surface area contributed by atoms with Crippen molar-refractivity contribution in [3.8, 4) is 0 Å². The monoisotopic (exact) mass is 325 g/mol. The summed E-state index contributed by atoms with van der Waals surface area (Å²) in [7, 11) is -1.65. The van der Waals surface area contributed by atoms with Crippen molar-refractivity contribution in [3.63, 3.8) is 0 Å². The SMILES string of the molecule is CC(=O)Nc1ccc(NCc2cnc(Cl)s2)c(B(O)O)c1. The molecule has 0 saturated heterocycles. The number of carbonyl (C=O) groups excluding carboxylic acids is 1. The van der Waals surface area contributed by atoms with Gasteiger partial charge in [-0.15, -0.1) is 11.3 Å². The summed E-state index contributed by atoms with van der Waals surface area (Å²) < 4.78 is 0.454. The molecule has 0 aliphatic heterocycles. The molecule has 0 atom stereocenters. The van der Waals surface area contributed by atoms with E-state index in [1.807, 2.05) is 0 Å². The molecule has 0 spiro atoms. The van der Waals surface area contributed by atoms with Crippen LogP contribution in [0.2, 0.25) is 4.47 Å². The van der Waals surface area contributed by atoms with Crippen LogP contribution in [-0.4, -0.2) is 28.1 Å². The molecule has 0 unspecified atom stereocenters. The molecule has 2 rings (SSSR count). The largest absolute Gasteiger partial charge is 0.490 e. The highest BCUT2D eigenvalue weighted by Crippen LogP contribution is 2.19. The summed E-state index contributed by atoms with van der Waals surface area (Å²) in [6.07, 6.45) is 1.65. The zero-order valence-corrected chi connectivity index (χ0v) is 12.7. The fourth-order valence-corrected chi connectivity index (χ4v) is 2.68. The number of nitrogens with one attached hydrogen (secondary N) is 2. The zero-order valence-electron chi connectivity index (χ0n) is 11.1. The number of halogens is 1. The second-order valence-corrected chi connectivity index (χ2v) is 5.99. The first-order chi connectivity index (χ1) is 9.95. The smallest absolute Gasteiger partial charge is 0.423 e. The van der Waals surface area contributed by atoms with Crippen LogP contribution in [0.15, 0.2) is 24.4 Å². The van der Waals surface area contributed by atoms with Gasteiger partial charge in [0.2, 0.25) is 5.91 Å². The number of aromatic nitrogens is 1. The van der Waals surface area contributed by atoms with E-state index in [-0.39, 0.29) is 11.4 Å². The standard InChI is InChI=1S/C12H13BClN3O3S/c1-7(18)17-8-2-3-11(10(4-8)13(19)20)15-5-9-6-16-12(14)21-9/h2-4,6,15,19-20H,5H2,1H3,(H,17,18). The molecule has 1 aromatic heterocycles. The first-order valence-electron chi connectivity index (χ1n) is 6.07. The maximum Gasteiger partial charge on any atom is 0.490 e. The third-order valence-corrected chi connectivity index (χ3v) is 3.74. The van der Waals surface area contributed by atoms with Crippen LogP contribution < -0.4 is 16.1 Å². The molecule has 2 aromatic rings. The van der Waals surface area contributed by atoms with Gasteiger partial charge < -0.3 is 20.7 Å². The summed E-state index contributed by atoms with van der Waals surface area (Å²) in [6.45, 7) is 1.85. The average Bonchev–Trinajstić information content (AvgIpc) is 2.82. The predicted octanol–water partition coefficient (Wildman–Crippen LogP) is 1.05. The Bertz CT molecular complexity index is 650. The summed E-state index contributed by atoms with van der Waals surface area (Å²) in [4.78, 5) is 15.9. The van der Waals surface area contributed by atoms with Crippen LogP contribution in [-0.2, 0) is 11.3 Å². The Morgan fingerprint density at radius 3 is 2.81 bits per heavy atom. The Kier molecular flexibility index (Phi) is 5.19. The van der Waals surface area contributed by atoms with E-state index in [9.17, 15) is 14.8 Å². The van der Waals surface area contributed by atoms with Crippen molar-refractivity contribution in [1.29, 1.82) is 0 Å². The van der Waals surface area contributed by atoms with E-state index in [1.165, 1.54) is 24.3 Å². The molecule has 0 radical (unpaired) electrons. The van der Waals surface area contributed by atoms with Crippen LogP contribution in [0.4, 0.5) is 11.4 Å². The molecule has 21 heavy (non-hydrogen) atoms. The van der Waals surface area contributed by atoms with Crippen LogP contribution in [0.3, 0.4) is 0 Å². The summed E-state index contributed by atoms with van der Waals surface area (Å²) in [5.74, 6) is -0.228. The number of amides is 1. The highest BCUT2D eigenvalue weighted by molar-refractivity contribution is 7.15. The molecule has 0 aliphatic rings. The fraction of sp³-hybridized carbons (Fsp3) is 0.167. The minimum absolute atomic E-state index is 0.228. The summed E-state index contributed by atoms with van der Waals surface area (Å²) in [6, 6.07) is 4.85. The lowest BCUT2D eigenvalue weighted by Crippen LogP contribution is -2.32. The van der Waals surface area contributed by atoms with E-state index in [0.717, 1.165) is 4.88 Å². The van der Waals surface area contributed by atoms with E-state index in [2.05, 4.69) is 15.6 Å². The van der Waals surface area contributed by atoms with Crippen molar-refractivity contribution in [2.45, 2.75) is 13.5 Å². The van der Waals surface area contributed by atoms with Crippen molar-refractivity contribution < 1.29 is 14.8 Å². The highest BCUT2D eigenvalue weighted by Gasteiger charge is 2.17. The number of carbonyl (C=O) groups is 1. The van der Waals surface area contributed by atoms with E-state index in [1.54, 1.807) is 18.3 Å². The first kappa shape index (κ1) is 15.8. The Balaban J connectivity index is 2.16. The molecule has 4 N–H and O–H groups in total. The van der Waals surface area contributed by atoms with Crippen LogP contribution in [0.5, 0.6) is 0 Å². The number of benzene rings is 1. The molecular weight excluding hydrogens is 312 g/mol. The topological polar surface area (TPSA) is 94.5 Å². The van der Waals surface area contributed by atoms with Crippen LogP contribution in [0.25, 0.3) is 0 Å². The Morgan fingerprint density at radius 1 is 1.48 bits per heavy atom. The molecule has 0 bridgehead atoms. The van der Waals surface area contributed by atoms with Gasteiger partial charge in [0, 0.05) is 34.8 Å². The molecule has 9 heteroatoms. The Labute approximate surface area is 130 Å². The van der Waals surface area contributed by atoms with Gasteiger partial charge in [-0.3, -0.25) is 4.79 Å². The van der Waals surface area contributed by atoms with Crippen LogP contribution in [0, 0.1) is 0 Å². The van der Waals surface area contributed by atoms with Gasteiger partial charge in [-0.05, 0) is 18.2 Å². The molecule has 0 saturated carbocycles. The number of hydrogen-bond acceptors (Lipinski definition) is 6. The first-order valence-corrected chi connectivity index (χ1v) is 7.27. The van der Waals surface area contributed by atoms with Gasteiger partial charge in [-0.1, -0.05) is 11.6 Å². The minimum Gasteiger partial charge on any atom is -0.423 e. The van der Waals surface area contributed by atoms with Crippen molar-refractivity contribution in [1.82, 2.24) is 4.98 Å². The van der Waals surface area contributed by atoms with Gasteiger partial charge in [0.15, 0.2) is 4.47 Å². The molecule has 1 heterocycles. The maximum absolute atomic E-state index is 11.0. The lowest BCUT2D eigenvalue weighted by molar-refractivity contribution is -0.114. The number of anilines is 2. The van der Waals surface area contributed by atoms with Crippen LogP contribution >= 0.6 is 22.9 Å². The Morgan fingerprint density at radius 2 is 2.24 bits per heavy atom. The molecular formula is C12H13BClN3O3S. The average molecular weight is 326 g/mol. The molecule has 1 amide bonds. The molecule has 1 aromatic carbocycles. The Hall–Kier alpha value is -1.61. The van der Waals surface area contributed by atoms with Gasteiger partial charge >= 0.3 is 7.12 Å². The van der Waals surface area contributed by atoms with E-state index in [0.29, 0.717) is 22.4 Å². The zero-order chi connectivity index (χ0) is 15.4. The lowest BCUT2D eigenvalue weighted by Gasteiger charge is -2.13. The van der Waals surface area contributed by atoms with Gasteiger partial charge in [0.05, 0.1) is 6.54 Å². The number of rotatable bonds is 5. The van der Waals surface area contributed by atoms with E-state index in [4.69, 9.17) is 11.6 Å². The van der Waals surface area contributed by atoms with Gasteiger partial charge in [0.1, 0.15) is 0 Å². The quantitative estimate of drug-likeness (QED) is 0.616. The van der Waals surface area contributed by atoms with Crippen molar-refractivity contribution in [2.24, 2.45) is 0 Å². The van der Waals surface area contributed by atoms with Crippen molar-refractivity contribution in [2.75, 3.05) is 10.6 Å². The molecule has 0 aliphatic carbocycles. The predicted molar refractivity (Wildman–Crippen MR) is 85.0 cm³/mol. The second-order valence-electron chi connectivity index (χ2n) is 4.29. The minimum atomic E-state index is -1.65. The van der Waals surface area contributed by atoms with E-state index < -0.39 is 7.12 Å². The van der Waals surface area contributed by atoms with Crippen molar-refractivity contribution in [3.05, 3.63) is 33.7 Å². The molecule has 0 fully saturated rings. The van der Waals surface area contributed by atoms with Gasteiger partial charge in [-0.2, -0.15) is 0 Å². The third kappa shape index (κ3) is 4.43.